The number of aromatic hydroxyl groups is 1. The SMILES string of the molecule is CC(C)(C)c1cc(O)c(-c2c(C(=O)O)ccc3ccccc23)c(C(C)(C)C)c1. The van der Waals surface area contributed by atoms with E-state index in [0.717, 1.165) is 21.9 Å². The van der Waals surface area contributed by atoms with E-state index in [1.165, 1.54) is 0 Å². The van der Waals surface area contributed by atoms with Crippen LogP contribution in [-0.4, -0.2) is 16.2 Å². The molecule has 3 aromatic carbocycles. The number of benzene rings is 3. The molecule has 0 spiro atoms. The molecule has 0 heterocycles. The van der Waals surface area contributed by atoms with Gasteiger partial charge in [-0.25, -0.2) is 4.79 Å². The summed E-state index contributed by atoms with van der Waals surface area (Å²) in [5.41, 5.74) is 2.93. The molecule has 0 aliphatic carbocycles. The number of phenols is 1. The highest BCUT2D eigenvalue weighted by Crippen LogP contribution is 2.45. The van der Waals surface area contributed by atoms with Gasteiger partial charge in [-0.3, -0.25) is 0 Å². The molecular formula is C25H28O3. The molecule has 0 saturated heterocycles. The Hall–Kier alpha value is -2.81. The summed E-state index contributed by atoms with van der Waals surface area (Å²) in [4.78, 5) is 12.1. The Labute approximate surface area is 166 Å². The van der Waals surface area contributed by atoms with Crippen molar-refractivity contribution in [3.05, 3.63) is 65.2 Å². The van der Waals surface area contributed by atoms with Crippen LogP contribution in [0.25, 0.3) is 21.9 Å². The van der Waals surface area contributed by atoms with E-state index >= 15 is 0 Å². The molecule has 0 aromatic heterocycles. The van der Waals surface area contributed by atoms with Crippen molar-refractivity contribution in [2.45, 2.75) is 52.4 Å². The third-order valence-electron chi connectivity index (χ3n) is 5.20. The van der Waals surface area contributed by atoms with E-state index in [0.29, 0.717) is 11.1 Å². The summed E-state index contributed by atoms with van der Waals surface area (Å²) in [5, 5.41) is 22.8. The maximum absolute atomic E-state index is 12.1. The van der Waals surface area contributed by atoms with E-state index in [-0.39, 0.29) is 22.1 Å². The highest BCUT2D eigenvalue weighted by molar-refractivity contribution is 6.09. The summed E-state index contributed by atoms with van der Waals surface area (Å²) < 4.78 is 0. The van der Waals surface area contributed by atoms with Crippen molar-refractivity contribution >= 4 is 16.7 Å². The first-order valence-corrected chi connectivity index (χ1v) is 9.54. The molecule has 0 radical (unpaired) electrons. The van der Waals surface area contributed by atoms with Gasteiger partial charge in [-0.1, -0.05) is 77.9 Å². The lowest BCUT2D eigenvalue weighted by Gasteiger charge is -2.29. The number of phenolic OH excluding ortho intramolecular Hbond substituents is 1. The van der Waals surface area contributed by atoms with Crippen molar-refractivity contribution in [1.82, 2.24) is 0 Å². The Kier molecular flexibility index (Phi) is 4.74. The van der Waals surface area contributed by atoms with Crippen molar-refractivity contribution < 1.29 is 15.0 Å². The quantitative estimate of drug-likeness (QED) is 0.536. The van der Waals surface area contributed by atoms with Crippen LogP contribution in [0.4, 0.5) is 0 Å². The zero-order chi connectivity index (χ0) is 20.9. The Balaban J connectivity index is 2.52. The average molecular weight is 376 g/mol. The van der Waals surface area contributed by atoms with Gasteiger partial charge in [-0.05, 0) is 44.9 Å². The van der Waals surface area contributed by atoms with Crippen LogP contribution in [0.3, 0.4) is 0 Å². The highest BCUT2D eigenvalue weighted by atomic mass is 16.4. The largest absolute Gasteiger partial charge is 0.507 e. The Morgan fingerprint density at radius 3 is 2.04 bits per heavy atom. The van der Waals surface area contributed by atoms with Gasteiger partial charge in [0.1, 0.15) is 5.75 Å². The monoisotopic (exact) mass is 376 g/mol. The van der Waals surface area contributed by atoms with Gasteiger partial charge in [0, 0.05) is 11.1 Å². The van der Waals surface area contributed by atoms with Gasteiger partial charge in [0.15, 0.2) is 0 Å². The van der Waals surface area contributed by atoms with Gasteiger partial charge in [-0.2, -0.15) is 0 Å². The van der Waals surface area contributed by atoms with Crippen LogP contribution in [0.5, 0.6) is 5.75 Å². The standard InChI is InChI=1S/C25H28O3/c1-24(2,3)16-13-19(25(4,5)6)22(20(26)14-16)21-17-10-8-7-9-15(17)11-12-18(21)23(27)28/h7-14,26H,1-6H3,(H,27,28). The zero-order valence-electron chi connectivity index (χ0n) is 17.4. The van der Waals surface area contributed by atoms with Gasteiger partial charge in [-0.15, -0.1) is 0 Å². The van der Waals surface area contributed by atoms with Crippen LogP contribution in [-0.2, 0) is 10.8 Å². The minimum absolute atomic E-state index is 0.121. The average Bonchev–Trinajstić information content (AvgIpc) is 2.58. The van der Waals surface area contributed by atoms with Crippen molar-refractivity contribution in [3.8, 4) is 16.9 Å². The summed E-state index contributed by atoms with van der Waals surface area (Å²) in [5.74, 6) is -0.879. The molecule has 3 heteroatoms. The summed E-state index contributed by atoms with van der Waals surface area (Å²) >= 11 is 0. The fraction of sp³-hybridized carbons (Fsp3) is 0.320. The predicted molar refractivity (Wildman–Crippen MR) is 115 cm³/mol. The smallest absolute Gasteiger partial charge is 0.336 e. The first-order chi connectivity index (χ1) is 12.9. The van der Waals surface area contributed by atoms with Crippen LogP contribution in [0.15, 0.2) is 48.5 Å². The van der Waals surface area contributed by atoms with Crippen LogP contribution >= 0.6 is 0 Å². The fourth-order valence-corrected chi connectivity index (χ4v) is 3.63. The molecule has 146 valence electrons. The molecule has 28 heavy (non-hydrogen) atoms. The van der Waals surface area contributed by atoms with E-state index in [4.69, 9.17) is 0 Å². The fourth-order valence-electron chi connectivity index (χ4n) is 3.63. The number of rotatable bonds is 2. The summed E-state index contributed by atoms with van der Waals surface area (Å²) in [6.07, 6.45) is 0. The molecule has 0 unspecified atom stereocenters. The van der Waals surface area contributed by atoms with Crippen LogP contribution in [0.1, 0.15) is 63.0 Å². The van der Waals surface area contributed by atoms with E-state index in [9.17, 15) is 15.0 Å². The minimum atomic E-state index is -1.00. The van der Waals surface area contributed by atoms with E-state index in [2.05, 4.69) is 47.6 Å². The van der Waals surface area contributed by atoms with Gasteiger partial charge in [0.05, 0.1) is 5.56 Å². The minimum Gasteiger partial charge on any atom is -0.507 e. The molecule has 0 atom stereocenters. The molecule has 0 saturated carbocycles. The number of fused-ring (bicyclic) bond motifs is 1. The molecular weight excluding hydrogens is 348 g/mol. The highest BCUT2D eigenvalue weighted by Gasteiger charge is 2.28. The molecule has 2 N–H and O–H groups in total. The Morgan fingerprint density at radius 2 is 1.46 bits per heavy atom. The van der Waals surface area contributed by atoms with Crippen LogP contribution in [0.2, 0.25) is 0 Å². The number of hydrogen-bond acceptors (Lipinski definition) is 2. The molecule has 3 rings (SSSR count). The van der Waals surface area contributed by atoms with E-state index in [1.54, 1.807) is 12.1 Å². The lowest BCUT2D eigenvalue weighted by Crippen LogP contribution is -2.18. The number of carbonyl (C=O) groups is 1. The second-order valence-electron chi connectivity index (χ2n) is 9.43. The van der Waals surface area contributed by atoms with Crippen molar-refractivity contribution in [1.29, 1.82) is 0 Å². The lowest BCUT2D eigenvalue weighted by atomic mass is 9.75. The van der Waals surface area contributed by atoms with Gasteiger partial charge < -0.3 is 10.2 Å². The first-order valence-electron chi connectivity index (χ1n) is 9.54. The molecule has 0 bridgehead atoms. The predicted octanol–water partition coefficient (Wildman–Crippen LogP) is 6.51. The van der Waals surface area contributed by atoms with Crippen LogP contribution < -0.4 is 0 Å². The number of carboxylic acid groups (broad SMARTS) is 1. The third kappa shape index (κ3) is 3.49. The second kappa shape index (κ2) is 6.66. The van der Waals surface area contributed by atoms with E-state index in [1.807, 2.05) is 30.3 Å². The summed E-state index contributed by atoms with van der Waals surface area (Å²) in [6.45, 7) is 12.6. The third-order valence-corrected chi connectivity index (χ3v) is 5.20. The Morgan fingerprint density at radius 1 is 0.821 bits per heavy atom. The van der Waals surface area contributed by atoms with Crippen molar-refractivity contribution in [3.63, 3.8) is 0 Å². The normalized spacial score (nSPS) is 12.4. The number of hydrogen-bond donors (Lipinski definition) is 2. The summed E-state index contributed by atoms with van der Waals surface area (Å²) in [7, 11) is 0. The maximum atomic E-state index is 12.1. The molecule has 3 nitrogen and oxygen atoms in total. The lowest BCUT2D eigenvalue weighted by molar-refractivity contribution is 0.0698. The number of aromatic carboxylic acids is 1. The van der Waals surface area contributed by atoms with Gasteiger partial charge in [0.25, 0.3) is 0 Å². The molecule has 0 aliphatic heterocycles. The van der Waals surface area contributed by atoms with E-state index < -0.39 is 5.97 Å². The first kappa shape index (κ1) is 19.9. The number of carboxylic acids is 1. The topological polar surface area (TPSA) is 57.5 Å². The molecule has 0 fully saturated rings. The van der Waals surface area contributed by atoms with Gasteiger partial charge >= 0.3 is 5.97 Å². The molecule has 3 aromatic rings. The van der Waals surface area contributed by atoms with Crippen molar-refractivity contribution in [2.75, 3.05) is 0 Å². The van der Waals surface area contributed by atoms with Gasteiger partial charge in [0.2, 0.25) is 0 Å². The maximum Gasteiger partial charge on any atom is 0.336 e. The second-order valence-corrected chi connectivity index (χ2v) is 9.43. The Bertz CT molecular complexity index is 1060. The zero-order valence-corrected chi connectivity index (χ0v) is 17.4. The van der Waals surface area contributed by atoms with Crippen LogP contribution in [0, 0.1) is 0 Å². The molecule has 0 aliphatic rings. The molecule has 0 amide bonds. The summed E-state index contributed by atoms with van der Waals surface area (Å²) in [6, 6.07) is 15.0. The van der Waals surface area contributed by atoms with Crippen molar-refractivity contribution in [2.24, 2.45) is 0 Å².